The summed E-state index contributed by atoms with van der Waals surface area (Å²) in [4.78, 5) is 23.3. The number of amides is 1. The molecule has 1 saturated heterocycles. The van der Waals surface area contributed by atoms with Crippen LogP contribution < -0.4 is 5.32 Å². The van der Waals surface area contributed by atoms with Gasteiger partial charge in [0.05, 0.1) is 18.8 Å². The molecule has 0 radical (unpaired) electrons. The van der Waals surface area contributed by atoms with E-state index in [-0.39, 0.29) is 6.42 Å². The summed E-state index contributed by atoms with van der Waals surface area (Å²) in [5.41, 5.74) is 0. The van der Waals surface area contributed by atoms with Crippen LogP contribution in [0.1, 0.15) is 26.2 Å². The first-order valence-electron chi connectivity index (χ1n) is 7.63. The van der Waals surface area contributed by atoms with E-state index in [4.69, 9.17) is 14.6 Å². The van der Waals surface area contributed by atoms with Crippen LogP contribution in [0.5, 0.6) is 0 Å². The average Bonchev–Trinajstić information content (AvgIpc) is 2.55. The number of aliphatic carboxylic acids is 1. The number of carbonyl (C=O) groups is 2. The van der Waals surface area contributed by atoms with Crippen molar-refractivity contribution < 1.29 is 44.6 Å². The lowest BCUT2D eigenvalue weighted by molar-refractivity contribution is -0.303. The third kappa shape index (κ3) is 4.41. The SMILES string of the molecule is CCCC(=O)N[C@H]1[C@H]([C@H](O)[C@H](O)CO)O[C@@](OC)(C(=O)O)C[C@@H]1O. The second kappa shape index (κ2) is 8.70. The van der Waals surface area contributed by atoms with Gasteiger partial charge in [-0.25, -0.2) is 4.79 Å². The van der Waals surface area contributed by atoms with Crippen molar-refractivity contribution in [2.45, 2.75) is 62.4 Å². The fourth-order valence-corrected chi connectivity index (χ4v) is 2.59. The zero-order valence-corrected chi connectivity index (χ0v) is 13.6. The summed E-state index contributed by atoms with van der Waals surface area (Å²) in [5.74, 6) is -4.20. The van der Waals surface area contributed by atoms with Crippen molar-refractivity contribution in [1.82, 2.24) is 5.32 Å². The third-order valence-corrected chi connectivity index (χ3v) is 3.95. The lowest BCUT2D eigenvalue weighted by Gasteiger charge is -2.46. The molecule has 1 heterocycles. The third-order valence-electron chi connectivity index (χ3n) is 3.95. The molecule has 6 atom stereocenters. The maximum Gasteiger partial charge on any atom is 0.364 e. The van der Waals surface area contributed by atoms with E-state index < -0.39 is 61.1 Å². The highest BCUT2D eigenvalue weighted by molar-refractivity contribution is 5.77. The number of hydrogen-bond donors (Lipinski definition) is 6. The van der Waals surface area contributed by atoms with Crippen LogP contribution in [0, 0.1) is 0 Å². The minimum atomic E-state index is -2.24. The van der Waals surface area contributed by atoms with Gasteiger partial charge in [-0.2, -0.15) is 0 Å². The summed E-state index contributed by atoms with van der Waals surface area (Å²) >= 11 is 0. The summed E-state index contributed by atoms with van der Waals surface area (Å²) in [5, 5.41) is 50.8. The molecule has 1 amide bonds. The van der Waals surface area contributed by atoms with E-state index in [1.807, 2.05) is 0 Å². The predicted molar refractivity (Wildman–Crippen MR) is 78.8 cm³/mol. The van der Waals surface area contributed by atoms with Crippen LogP contribution in [0.15, 0.2) is 0 Å². The Kier molecular flexibility index (Phi) is 7.52. The first-order valence-corrected chi connectivity index (χ1v) is 7.63. The van der Waals surface area contributed by atoms with Crippen molar-refractivity contribution >= 4 is 11.9 Å². The van der Waals surface area contributed by atoms with Crippen LogP contribution >= 0.6 is 0 Å². The Morgan fingerprint density at radius 1 is 1.42 bits per heavy atom. The number of nitrogens with one attached hydrogen (secondary N) is 1. The highest BCUT2D eigenvalue weighted by atomic mass is 16.7. The Balaban J connectivity index is 3.12. The standard InChI is InChI=1S/C14H25NO9/c1-3-4-9(19)15-10-7(17)5-14(23-2,13(21)22)24-12(10)11(20)8(18)6-16/h7-8,10-12,16-18,20H,3-6H2,1-2H3,(H,15,19)(H,21,22)/t7-,8+,10+,11+,12+,14+/m0/s1. The average molecular weight is 351 g/mol. The molecular formula is C14H25NO9. The van der Waals surface area contributed by atoms with Crippen LogP contribution in [-0.2, 0) is 19.1 Å². The van der Waals surface area contributed by atoms with Crippen LogP contribution in [0.4, 0.5) is 0 Å². The Bertz CT molecular complexity index is 446. The van der Waals surface area contributed by atoms with Crippen LogP contribution in [0.25, 0.3) is 0 Å². The normalized spacial score (nSPS) is 32.8. The number of methoxy groups -OCH3 is 1. The molecule has 0 saturated carbocycles. The van der Waals surface area contributed by atoms with Gasteiger partial charge in [0.1, 0.15) is 18.3 Å². The molecule has 0 aromatic heterocycles. The maximum absolute atomic E-state index is 11.8. The second-order valence-corrected chi connectivity index (χ2v) is 5.70. The van der Waals surface area contributed by atoms with Gasteiger partial charge >= 0.3 is 5.97 Å². The molecule has 0 aromatic carbocycles. The fraction of sp³-hybridized carbons (Fsp3) is 0.857. The van der Waals surface area contributed by atoms with Crippen LogP contribution in [0.3, 0.4) is 0 Å². The topological polar surface area (TPSA) is 166 Å². The van der Waals surface area contributed by atoms with Gasteiger partial charge in [-0.1, -0.05) is 6.92 Å². The molecule has 6 N–H and O–H groups in total. The van der Waals surface area contributed by atoms with Gasteiger partial charge in [-0.3, -0.25) is 4.79 Å². The van der Waals surface area contributed by atoms with Gasteiger partial charge < -0.3 is 40.3 Å². The monoisotopic (exact) mass is 351 g/mol. The van der Waals surface area contributed by atoms with Gasteiger partial charge in [-0.05, 0) is 6.42 Å². The number of carboxylic acids is 1. The highest BCUT2D eigenvalue weighted by Gasteiger charge is 2.55. The number of aliphatic hydroxyl groups excluding tert-OH is 4. The number of hydrogen-bond acceptors (Lipinski definition) is 8. The molecule has 0 spiro atoms. The van der Waals surface area contributed by atoms with Crippen LogP contribution in [-0.4, -0.2) is 87.4 Å². The highest BCUT2D eigenvalue weighted by Crippen LogP contribution is 2.33. The van der Waals surface area contributed by atoms with Gasteiger partial charge in [-0.15, -0.1) is 0 Å². The predicted octanol–water partition coefficient (Wildman–Crippen LogP) is -2.44. The van der Waals surface area contributed by atoms with Crippen molar-refractivity contribution in [3.8, 4) is 0 Å². The molecule has 0 bridgehead atoms. The first-order chi connectivity index (χ1) is 11.2. The van der Waals surface area contributed by atoms with E-state index in [1.165, 1.54) is 0 Å². The molecule has 1 fully saturated rings. The molecule has 10 nitrogen and oxygen atoms in total. The number of carbonyl (C=O) groups excluding carboxylic acids is 1. The van der Waals surface area contributed by atoms with Crippen molar-refractivity contribution in [2.24, 2.45) is 0 Å². The van der Waals surface area contributed by atoms with E-state index in [2.05, 4.69) is 5.32 Å². The number of rotatable bonds is 8. The Morgan fingerprint density at radius 3 is 2.50 bits per heavy atom. The molecule has 0 aromatic rings. The summed E-state index contributed by atoms with van der Waals surface area (Å²) in [6, 6.07) is -1.18. The minimum Gasteiger partial charge on any atom is -0.477 e. The van der Waals surface area contributed by atoms with Crippen molar-refractivity contribution in [1.29, 1.82) is 0 Å². The van der Waals surface area contributed by atoms with Crippen molar-refractivity contribution in [3.05, 3.63) is 0 Å². The van der Waals surface area contributed by atoms with Gasteiger partial charge in [0.25, 0.3) is 5.79 Å². The quantitative estimate of drug-likeness (QED) is 0.278. The van der Waals surface area contributed by atoms with E-state index in [1.54, 1.807) is 6.92 Å². The maximum atomic E-state index is 11.8. The van der Waals surface area contributed by atoms with Crippen LogP contribution in [0.2, 0.25) is 0 Å². The zero-order valence-electron chi connectivity index (χ0n) is 13.6. The van der Waals surface area contributed by atoms with Crippen molar-refractivity contribution in [2.75, 3.05) is 13.7 Å². The number of aliphatic hydroxyl groups is 4. The molecule has 1 rings (SSSR count). The second-order valence-electron chi connectivity index (χ2n) is 5.70. The van der Waals surface area contributed by atoms with E-state index in [0.717, 1.165) is 7.11 Å². The molecule has 1 aliphatic rings. The number of carboxylic acid groups (broad SMARTS) is 1. The molecule has 1 aliphatic heterocycles. The molecule has 10 heteroatoms. The molecule has 0 aliphatic carbocycles. The zero-order chi connectivity index (χ0) is 18.5. The Morgan fingerprint density at radius 2 is 2.04 bits per heavy atom. The van der Waals surface area contributed by atoms with E-state index in [9.17, 15) is 30.0 Å². The lowest BCUT2D eigenvalue weighted by Crippen LogP contribution is -2.67. The number of ether oxygens (including phenoxy) is 2. The largest absolute Gasteiger partial charge is 0.477 e. The summed E-state index contributed by atoms with van der Waals surface area (Å²) < 4.78 is 10.2. The Labute approximate surface area is 139 Å². The van der Waals surface area contributed by atoms with Gasteiger partial charge in [0, 0.05) is 20.0 Å². The van der Waals surface area contributed by atoms with E-state index >= 15 is 0 Å². The smallest absolute Gasteiger partial charge is 0.364 e. The summed E-state index contributed by atoms with van der Waals surface area (Å²) in [6.45, 7) is 0.954. The van der Waals surface area contributed by atoms with Gasteiger partial charge in [0.15, 0.2) is 0 Å². The summed E-state index contributed by atoms with van der Waals surface area (Å²) in [7, 11) is 1.06. The van der Waals surface area contributed by atoms with Gasteiger partial charge in [0.2, 0.25) is 5.91 Å². The minimum absolute atomic E-state index is 0.156. The molecular weight excluding hydrogens is 326 g/mol. The van der Waals surface area contributed by atoms with E-state index in [0.29, 0.717) is 6.42 Å². The first kappa shape index (κ1) is 20.7. The molecule has 140 valence electrons. The lowest BCUT2D eigenvalue weighted by atomic mass is 9.88. The van der Waals surface area contributed by atoms with Crippen molar-refractivity contribution in [3.63, 3.8) is 0 Å². The Hall–Kier alpha value is -1.30. The molecule has 0 unspecified atom stereocenters. The molecule has 24 heavy (non-hydrogen) atoms. The fourth-order valence-electron chi connectivity index (χ4n) is 2.59. The summed E-state index contributed by atoms with van der Waals surface area (Å²) in [6.07, 6.45) is -6.13.